The molecular weight excluding hydrogens is 561 g/mol. The van der Waals surface area contributed by atoms with Gasteiger partial charge in [0, 0.05) is 10.7 Å². The summed E-state index contributed by atoms with van der Waals surface area (Å²) in [5.41, 5.74) is 0.342. The Morgan fingerprint density at radius 3 is 2.53 bits per heavy atom. The predicted octanol–water partition coefficient (Wildman–Crippen LogP) is 6.79. The van der Waals surface area contributed by atoms with Crippen LogP contribution in [0.25, 0.3) is 6.08 Å². The second kappa shape index (κ2) is 11.5. The van der Waals surface area contributed by atoms with Gasteiger partial charge in [-0.3, -0.25) is 14.5 Å². The van der Waals surface area contributed by atoms with Crippen molar-refractivity contribution in [3.8, 4) is 11.5 Å². The molecule has 1 saturated heterocycles. The molecule has 12 heteroatoms. The van der Waals surface area contributed by atoms with Crippen LogP contribution in [0.5, 0.6) is 11.5 Å². The van der Waals surface area contributed by atoms with Crippen molar-refractivity contribution < 1.29 is 32.2 Å². The molecule has 1 heterocycles. The summed E-state index contributed by atoms with van der Waals surface area (Å²) in [5, 5.41) is 2.91. The van der Waals surface area contributed by atoms with Crippen molar-refractivity contribution in [1.82, 2.24) is 0 Å². The number of thioether (sulfide) groups is 1. The summed E-state index contributed by atoms with van der Waals surface area (Å²) in [6.07, 6.45) is -2.87. The largest absolute Gasteiger partial charge is 0.493 e. The quantitative estimate of drug-likeness (QED) is 0.246. The zero-order chi connectivity index (χ0) is 27.4. The minimum absolute atomic E-state index is 0.00773. The number of halogens is 4. The number of hydrogen-bond donors (Lipinski definition) is 1. The number of nitrogens with zero attached hydrogens (tertiary/aromatic N) is 1. The molecule has 0 atom stereocenters. The summed E-state index contributed by atoms with van der Waals surface area (Å²) in [7, 11) is 1.41. The molecule has 196 valence electrons. The number of alkyl halides is 3. The van der Waals surface area contributed by atoms with Crippen LogP contribution in [0.2, 0.25) is 5.02 Å². The lowest BCUT2D eigenvalue weighted by Crippen LogP contribution is -2.27. The van der Waals surface area contributed by atoms with Crippen LogP contribution in [0.15, 0.2) is 71.6 Å². The lowest BCUT2D eigenvalue weighted by atomic mass is 10.1. The fourth-order valence-electron chi connectivity index (χ4n) is 3.44. The molecule has 4 rings (SSSR count). The van der Waals surface area contributed by atoms with E-state index < -0.39 is 24.3 Å². The summed E-state index contributed by atoms with van der Waals surface area (Å²) < 4.78 is 49.9. The van der Waals surface area contributed by atoms with Gasteiger partial charge in [0.15, 0.2) is 22.4 Å². The van der Waals surface area contributed by atoms with Gasteiger partial charge >= 0.3 is 6.18 Å². The van der Waals surface area contributed by atoms with E-state index in [1.54, 1.807) is 48.5 Å². The third-order valence-corrected chi connectivity index (χ3v) is 6.75. The molecule has 1 aliphatic heterocycles. The Bertz CT molecular complexity index is 1430. The topological polar surface area (TPSA) is 67.9 Å². The Labute approximate surface area is 230 Å². The van der Waals surface area contributed by atoms with E-state index >= 15 is 0 Å². The number of amides is 2. The second-order valence-corrected chi connectivity index (χ2v) is 9.93. The molecular formula is C26H18ClF3N2O4S2. The fourth-order valence-corrected chi connectivity index (χ4v) is 4.86. The van der Waals surface area contributed by atoms with Gasteiger partial charge in [0.25, 0.3) is 11.8 Å². The van der Waals surface area contributed by atoms with Gasteiger partial charge in [-0.2, -0.15) is 13.2 Å². The number of ether oxygens (including phenoxy) is 2. The van der Waals surface area contributed by atoms with Crippen LogP contribution >= 0.6 is 35.6 Å². The Hall–Kier alpha value is -3.54. The predicted molar refractivity (Wildman–Crippen MR) is 146 cm³/mol. The first-order chi connectivity index (χ1) is 18.0. The molecule has 0 saturated carbocycles. The van der Waals surface area contributed by atoms with Gasteiger partial charge in [-0.25, -0.2) is 0 Å². The van der Waals surface area contributed by atoms with Crippen LogP contribution in [0.1, 0.15) is 11.1 Å². The van der Waals surface area contributed by atoms with Crippen molar-refractivity contribution >= 4 is 69.2 Å². The SMILES string of the molecule is COc1cc(/C=C2\SC(=S)N(c3ccc(Cl)cc3)C2=O)ccc1OCC(=O)Nc1cccc(C(F)(F)F)c1. The smallest absolute Gasteiger partial charge is 0.416 e. The van der Waals surface area contributed by atoms with Crippen LogP contribution in [0.4, 0.5) is 24.5 Å². The normalized spacial score (nSPS) is 14.7. The van der Waals surface area contributed by atoms with Crippen LogP contribution < -0.4 is 19.7 Å². The minimum atomic E-state index is -4.53. The number of rotatable bonds is 7. The summed E-state index contributed by atoms with van der Waals surface area (Å²) in [6, 6.07) is 15.9. The van der Waals surface area contributed by atoms with E-state index in [2.05, 4.69) is 5.32 Å². The maximum atomic E-state index is 13.0. The zero-order valence-electron chi connectivity index (χ0n) is 19.5. The number of thiocarbonyl (C=S) groups is 1. The van der Waals surface area contributed by atoms with E-state index in [1.165, 1.54) is 24.1 Å². The van der Waals surface area contributed by atoms with Crippen LogP contribution in [-0.4, -0.2) is 29.9 Å². The van der Waals surface area contributed by atoms with E-state index in [0.717, 1.165) is 23.9 Å². The van der Waals surface area contributed by atoms with Gasteiger partial charge in [0.2, 0.25) is 0 Å². The number of hydrogen-bond acceptors (Lipinski definition) is 6. The molecule has 3 aromatic rings. The summed E-state index contributed by atoms with van der Waals surface area (Å²) >= 11 is 12.5. The first kappa shape index (κ1) is 27.5. The highest BCUT2D eigenvalue weighted by molar-refractivity contribution is 8.27. The molecule has 1 N–H and O–H groups in total. The average Bonchev–Trinajstić information content (AvgIpc) is 3.15. The van der Waals surface area contributed by atoms with Crippen LogP contribution in [0.3, 0.4) is 0 Å². The lowest BCUT2D eigenvalue weighted by molar-refractivity contribution is -0.137. The minimum Gasteiger partial charge on any atom is -0.493 e. The number of carbonyl (C=O) groups is 2. The molecule has 6 nitrogen and oxygen atoms in total. The van der Waals surface area contributed by atoms with Gasteiger partial charge in [0.1, 0.15) is 0 Å². The number of anilines is 2. The van der Waals surface area contributed by atoms with Crippen molar-refractivity contribution in [2.45, 2.75) is 6.18 Å². The maximum absolute atomic E-state index is 13.0. The molecule has 0 spiro atoms. The van der Waals surface area contributed by atoms with Crippen molar-refractivity contribution in [2.75, 3.05) is 23.9 Å². The van der Waals surface area contributed by atoms with Crippen LogP contribution in [-0.2, 0) is 15.8 Å². The number of carbonyl (C=O) groups excluding carboxylic acids is 2. The summed E-state index contributed by atoms with van der Waals surface area (Å²) in [5.74, 6) is -0.412. The Morgan fingerprint density at radius 2 is 1.84 bits per heavy atom. The van der Waals surface area contributed by atoms with Crippen molar-refractivity contribution in [3.63, 3.8) is 0 Å². The van der Waals surface area contributed by atoms with Gasteiger partial charge in [0.05, 0.1) is 23.3 Å². The van der Waals surface area contributed by atoms with Gasteiger partial charge in [-0.05, 0) is 66.2 Å². The molecule has 0 radical (unpaired) electrons. The molecule has 2 amide bonds. The van der Waals surface area contributed by atoms with Gasteiger partial charge < -0.3 is 14.8 Å². The Kier molecular flexibility index (Phi) is 8.29. The maximum Gasteiger partial charge on any atom is 0.416 e. The molecule has 1 aliphatic rings. The first-order valence-electron chi connectivity index (χ1n) is 10.9. The molecule has 38 heavy (non-hydrogen) atoms. The lowest BCUT2D eigenvalue weighted by Gasteiger charge is -2.14. The van der Waals surface area contributed by atoms with Crippen molar-refractivity contribution in [1.29, 1.82) is 0 Å². The molecule has 0 aromatic heterocycles. The highest BCUT2D eigenvalue weighted by atomic mass is 35.5. The number of methoxy groups -OCH3 is 1. The van der Waals surface area contributed by atoms with E-state index in [0.29, 0.717) is 31.2 Å². The fraction of sp³-hybridized carbons (Fsp3) is 0.115. The molecule has 3 aromatic carbocycles. The standard InChI is InChI=1S/C26H18ClF3N2O4S2/c1-35-21-11-15(12-22-24(34)32(25(37)38-22)19-8-6-17(27)7-9-19)5-10-20(21)36-14-23(33)31-18-4-2-3-16(13-18)26(28,29)30/h2-13H,14H2,1H3,(H,31,33)/b22-12-. The van der Waals surface area contributed by atoms with E-state index in [9.17, 15) is 22.8 Å². The number of benzene rings is 3. The summed E-state index contributed by atoms with van der Waals surface area (Å²) in [6.45, 7) is -0.467. The summed E-state index contributed by atoms with van der Waals surface area (Å²) in [4.78, 5) is 27.0. The Morgan fingerprint density at radius 1 is 1.11 bits per heavy atom. The molecule has 1 fully saturated rings. The van der Waals surface area contributed by atoms with Crippen LogP contribution in [0, 0.1) is 0 Å². The third kappa shape index (κ3) is 6.47. The zero-order valence-corrected chi connectivity index (χ0v) is 21.9. The third-order valence-electron chi connectivity index (χ3n) is 5.20. The number of nitrogens with one attached hydrogen (secondary N) is 1. The van der Waals surface area contributed by atoms with Crippen molar-refractivity contribution in [2.24, 2.45) is 0 Å². The molecule has 0 aliphatic carbocycles. The monoisotopic (exact) mass is 578 g/mol. The van der Waals surface area contributed by atoms with Gasteiger partial charge in [-0.15, -0.1) is 0 Å². The highest BCUT2D eigenvalue weighted by Crippen LogP contribution is 2.37. The van der Waals surface area contributed by atoms with Gasteiger partial charge in [-0.1, -0.05) is 47.7 Å². The van der Waals surface area contributed by atoms with E-state index in [1.807, 2.05) is 0 Å². The van der Waals surface area contributed by atoms with E-state index in [4.69, 9.17) is 33.3 Å². The first-order valence-corrected chi connectivity index (χ1v) is 12.5. The second-order valence-electron chi connectivity index (χ2n) is 7.82. The molecule has 0 bridgehead atoms. The Balaban J connectivity index is 1.43. The van der Waals surface area contributed by atoms with Crippen molar-refractivity contribution in [3.05, 3.63) is 87.8 Å². The van der Waals surface area contributed by atoms with E-state index in [-0.39, 0.29) is 17.3 Å². The molecule has 0 unspecified atom stereocenters. The average molecular weight is 579 g/mol. The highest BCUT2D eigenvalue weighted by Gasteiger charge is 2.33.